The molecule has 38 heavy (non-hydrogen) atoms. The molecule has 2 aliphatic rings. The zero-order valence-electron chi connectivity index (χ0n) is 23.2. The molecule has 0 atom stereocenters. The third-order valence-electron chi connectivity index (χ3n) is 7.94. The second-order valence-electron chi connectivity index (χ2n) is 11.9. The van der Waals surface area contributed by atoms with E-state index in [1.165, 1.54) is 31.2 Å². The number of aromatic nitrogens is 2. The van der Waals surface area contributed by atoms with E-state index in [4.69, 9.17) is 15.6 Å². The molecule has 0 saturated heterocycles. The first kappa shape index (κ1) is 26.3. The number of hydrogen-bond acceptors (Lipinski definition) is 4. The van der Waals surface area contributed by atoms with Gasteiger partial charge in [0, 0.05) is 42.9 Å². The molecule has 1 aromatic heterocycles. The average molecular weight is 516 g/mol. The lowest BCUT2D eigenvalue weighted by molar-refractivity contribution is 0.154. The zero-order chi connectivity index (χ0) is 26.9. The van der Waals surface area contributed by atoms with Crippen LogP contribution in [0.4, 0.5) is 10.5 Å². The number of nitrogens with zero attached hydrogens (tertiary/aromatic N) is 3. The van der Waals surface area contributed by atoms with E-state index in [0.717, 1.165) is 60.0 Å². The molecule has 202 valence electrons. The molecule has 2 heterocycles. The number of amides is 2. The van der Waals surface area contributed by atoms with Crippen molar-refractivity contribution in [2.75, 3.05) is 25.0 Å². The monoisotopic (exact) mass is 515 g/mol. The highest BCUT2D eigenvalue weighted by Crippen LogP contribution is 2.41. The number of aryl methyl sites for hydroxylation is 1. The molecule has 1 saturated carbocycles. The molecule has 0 unspecified atom stereocenters. The number of nitrogens with one attached hydrogen (secondary N) is 1. The van der Waals surface area contributed by atoms with E-state index in [2.05, 4.69) is 48.7 Å². The normalized spacial score (nSPS) is 17.0. The molecule has 1 fully saturated rings. The number of nitrogens with two attached hydrogens (primary N) is 1. The molecule has 2 aromatic carbocycles. The standard InChI is InChI=1S/C31H41N5O2/c1-21(2)19-38-27-9-7-8-22(3)28(27)36-29(23-10-12-24(13-11-23)33-30(32)37)25-18-35(17-14-26(25)34-36)20-31(4)15-5-6-16-31/h7-13,21H,5-6,14-20H2,1-4H3,(H3,32,33,37). The highest BCUT2D eigenvalue weighted by Gasteiger charge is 2.34. The largest absolute Gasteiger partial charge is 0.491 e. The molecule has 7 nitrogen and oxygen atoms in total. The summed E-state index contributed by atoms with van der Waals surface area (Å²) in [5.41, 5.74) is 13.1. The zero-order valence-corrected chi connectivity index (χ0v) is 23.2. The lowest BCUT2D eigenvalue weighted by Gasteiger charge is -2.34. The summed E-state index contributed by atoms with van der Waals surface area (Å²) in [6.07, 6.45) is 6.25. The van der Waals surface area contributed by atoms with Crippen LogP contribution in [-0.2, 0) is 13.0 Å². The number of carbonyl (C=O) groups excluding carboxylic acids is 1. The Kier molecular flexibility index (Phi) is 7.48. The highest BCUT2D eigenvalue weighted by atomic mass is 16.5. The van der Waals surface area contributed by atoms with E-state index in [1.54, 1.807) is 0 Å². The molecule has 2 amide bonds. The van der Waals surface area contributed by atoms with Gasteiger partial charge in [-0.25, -0.2) is 9.48 Å². The number of rotatable bonds is 8. The summed E-state index contributed by atoms with van der Waals surface area (Å²) in [6.45, 7) is 12.6. The summed E-state index contributed by atoms with van der Waals surface area (Å²) in [6, 6.07) is 13.5. The Balaban J connectivity index is 1.59. The lowest BCUT2D eigenvalue weighted by atomic mass is 9.87. The van der Waals surface area contributed by atoms with E-state index in [-0.39, 0.29) is 0 Å². The summed E-state index contributed by atoms with van der Waals surface area (Å²) >= 11 is 0. The molecule has 0 spiro atoms. The van der Waals surface area contributed by atoms with Crippen molar-refractivity contribution >= 4 is 11.7 Å². The van der Waals surface area contributed by atoms with Crippen molar-refractivity contribution in [3.63, 3.8) is 0 Å². The highest BCUT2D eigenvalue weighted by molar-refractivity contribution is 5.88. The van der Waals surface area contributed by atoms with Crippen molar-refractivity contribution in [3.05, 3.63) is 59.3 Å². The van der Waals surface area contributed by atoms with Gasteiger partial charge in [-0.3, -0.25) is 4.90 Å². The predicted molar refractivity (Wildman–Crippen MR) is 153 cm³/mol. The minimum Gasteiger partial charge on any atom is -0.491 e. The summed E-state index contributed by atoms with van der Waals surface area (Å²) in [5, 5.41) is 7.89. The van der Waals surface area contributed by atoms with Gasteiger partial charge in [-0.2, -0.15) is 5.10 Å². The van der Waals surface area contributed by atoms with Gasteiger partial charge in [-0.1, -0.05) is 57.9 Å². The molecular formula is C31H41N5O2. The van der Waals surface area contributed by atoms with Crippen molar-refractivity contribution in [2.45, 2.75) is 66.3 Å². The molecule has 7 heteroatoms. The van der Waals surface area contributed by atoms with Gasteiger partial charge in [0.2, 0.25) is 0 Å². The van der Waals surface area contributed by atoms with Crippen molar-refractivity contribution in [1.29, 1.82) is 0 Å². The van der Waals surface area contributed by atoms with Crippen molar-refractivity contribution in [3.8, 4) is 22.7 Å². The van der Waals surface area contributed by atoms with Crippen LogP contribution in [0.15, 0.2) is 42.5 Å². The van der Waals surface area contributed by atoms with Crippen LogP contribution in [0.3, 0.4) is 0 Å². The van der Waals surface area contributed by atoms with E-state index >= 15 is 0 Å². The molecular weight excluding hydrogens is 474 g/mol. The molecule has 0 bridgehead atoms. The Labute approximate surface area is 226 Å². The first-order valence-electron chi connectivity index (χ1n) is 14.0. The average Bonchev–Trinajstić information content (AvgIpc) is 3.46. The van der Waals surface area contributed by atoms with Crippen molar-refractivity contribution in [1.82, 2.24) is 14.7 Å². The van der Waals surface area contributed by atoms with Gasteiger partial charge in [-0.05, 0) is 54.9 Å². The maximum atomic E-state index is 11.4. The number of primary amides is 1. The first-order valence-corrected chi connectivity index (χ1v) is 14.0. The number of benzene rings is 2. The maximum Gasteiger partial charge on any atom is 0.316 e. The van der Waals surface area contributed by atoms with Gasteiger partial charge in [-0.15, -0.1) is 0 Å². The van der Waals surface area contributed by atoms with Gasteiger partial charge in [0.25, 0.3) is 0 Å². The number of urea groups is 1. The number of anilines is 1. The molecule has 3 aromatic rings. The van der Waals surface area contributed by atoms with E-state index in [0.29, 0.717) is 23.6 Å². The van der Waals surface area contributed by atoms with Crippen molar-refractivity contribution in [2.24, 2.45) is 17.1 Å². The predicted octanol–water partition coefficient (Wildman–Crippen LogP) is 6.31. The van der Waals surface area contributed by atoms with E-state index < -0.39 is 6.03 Å². The first-order chi connectivity index (χ1) is 18.2. The Morgan fingerprint density at radius 2 is 1.89 bits per heavy atom. The van der Waals surface area contributed by atoms with Crippen LogP contribution in [0.25, 0.3) is 16.9 Å². The van der Waals surface area contributed by atoms with Crippen LogP contribution in [-0.4, -0.2) is 40.4 Å². The maximum absolute atomic E-state index is 11.4. The number of hydrogen-bond donors (Lipinski definition) is 2. The van der Waals surface area contributed by atoms with Gasteiger partial charge in [0.15, 0.2) is 0 Å². The van der Waals surface area contributed by atoms with Crippen LogP contribution in [0.2, 0.25) is 0 Å². The minimum atomic E-state index is -0.567. The number of carbonyl (C=O) groups is 1. The third kappa shape index (κ3) is 5.58. The fraction of sp³-hybridized carbons (Fsp3) is 0.484. The topological polar surface area (TPSA) is 85.4 Å². The van der Waals surface area contributed by atoms with Crippen molar-refractivity contribution < 1.29 is 9.53 Å². The fourth-order valence-corrected chi connectivity index (χ4v) is 6.08. The van der Waals surface area contributed by atoms with Crippen LogP contribution >= 0.6 is 0 Å². The lowest BCUT2D eigenvalue weighted by Crippen LogP contribution is -2.38. The van der Waals surface area contributed by atoms with E-state index in [1.807, 2.05) is 36.4 Å². The Hall–Kier alpha value is -3.32. The number of fused-ring (bicyclic) bond motifs is 1. The fourth-order valence-electron chi connectivity index (χ4n) is 6.08. The Bertz CT molecular complexity index is 1290. The second kappa shape index (κ2) is 10.8. The number of para-hydroxylation sites is 1. The van der Waals surface area contributed by atoms with Gasteiger partial charge >= 0.3 is 6.03 Å². The van der Waals surface area contributed by atoms with Crippen LogP contribution < -0.4 is 15.8 Å². The van der Waals surface area contributed by atoms with Gasteiger partial charge in [0.1, 0.15) is 11.4 Å². The number of ether oxygens (including phenoxy) is 1. The smallest absolute Gasteiger partial charge is 0.316 e. The van der Waals surface area contributed by atoms with Gasteiger partial charge < -0.3 is 15.8 Å². The molecule has 1 aliphatic carbocycles. The summed E-state index contributed by atoms with van der Waals surface area (Å²) in [5.74, 6) is 1.27. The van der Waals surface area contributed by atoms with Crippen LogP contribution in [0.5, 0.6) is 5.75 Å². The SMILES string of the molecule is Cc1cccc(OCC(C)C)c1-n1nc2c(c1-c1ccc(NC(N)=O)cc1)CN(CC1(C)CCCC1)CC2. The second-order valence-corrected chi connectivity index (χ2v) is 11.9. The quantitative estimate of drug-likeness (QED) is 0.368. The van der Waals surface area contributed by atoms with Crippen LogP contribution in [0, 0.1) is 18.3 Å². The molecule has 5 rings (SSSR count). The summed E-state index contributed by atoms with van der Waals surface area (Å²) in [7, 11) is 0. The van der Waals surface area contributed by atoms with Gasteiger partial charge in [0.05, 0.1) is 18.0 Å². The Morgan fingerprint density at radius 3 is 2.58 bits per heavy atom. The molecule has 0 radical (unpaired) electrons. The molecule has 1 aliphatic heterocycles. The minimum absolute atomic E-state index is 0.406. The third-order valence-corrected chi connectivity index (χ3v) is 7.94. The van der Waals surface area contributed by atoms with E-state index in [9.17, 15) is 4.79 Å². The summed E-state index contributed by atoms with van der Waals surface area (Å²) < 4.78 is 8.41. The Morgan fingerprint density at radius 1 is 1.16 bits per heavy atom. The molecule has 3 N–H and O–H groups in total. The summed E-state index contributed by atoms with van der Waals surface area (Å²) in [4.78, 5) is 14.0. The van der Waals surface area contributed by atoms with Crippen LogP contribution in [0.1, 0.15) is 63.3 Å².